The second kappa shape index (κ2) is 8.81. The number of hydrogen-bond acceptors (Lipinski definition) is 2. The molecule has 2 amide bonds. The highest BCUT2D eigenvalue weighted by Crippen LogP contribution is 2.17. The molecule has 0 aliphatic heterocycles. The fourth-order valence-corrected chi connectivity index (χ4v) is 2.83. The quantitative estimate of drug-likeness (QED) is 0.693. The molecule has 0 saturated heterocycles. The number of nitrogens with one attached hydrogen (secondary N) is 2. The first-order valence-corrected chi connectivity index (χ1v) is 8.92. The molecule has 4 heteroatoms. The Balaban J connectivity index is 1.66. The van der Waals surface area contributed by atoms with Gasteiger partial charge in [-0.15, -0.1) is 0 Å². The van der Waals surface area contributed by atoms with Gasteiger partial charge in [-0.25, -0.2) is 0 Å². The first kappa shape index (κ1) is 18.4. The van der Waals surface area contributed by atoms with E-state index in [1.54, 1.807) is 30.3 Å². The molecule has 4 nitrogen and oxygen atoms in total. The number of para-hydroxylation sites is 1. The molecule has 0 atom stereocenters. The molecule has 0 saturated carbocycles. The molecule has 3 aromatic rings. The van der Waals surface area contributed by atoms with Crippen molar-refractivity contribution < 1.29 is 9.59 Å². The van der Waals surface area contributed by atoms with Gasteiger partial charge in [-0.1, -0.05) is 60.2 Å². The number of carbonyl (C=O) groups excluding carboxylic acids is 2. The van der Waals surface area contributed by atoms with Gasteiger partial charge in [-0.3, -0.25) is 9.59 Å². The maximum Gasteiger partial charge on any atom is 0.255 e. The maximum atomic E-state index is 12.6. The summed E-state index contributed by atoms with van der Waals surface area (Å²) in [5.41, 5.74) is 3.69. The number of hydrogen-bond donors (Lipinski definition) is 2. The van der Waals surface area contributed by atoms with Gasteiger partial charge in [-0.2, -0.15) is 0 Å². The largest absolute Gasteiger partial charge is 0.352 e. The van der Waals surface area contributed by atoms with E-state index < -0.39 is 0 Å². The van der Waals surface area contributed by atoms with Gasteiger partial charge in [0.15, 0.2) is 0 Å². The topological polar surface area (TPSA) is 58.2 Å². The van der Waals surface area contributed by atoms with E-state index in [2.05, 4.69) is 10.6 Å². The predicted octanol–water partition coefficient (Wildman–Crippen LogP) is 4.22. The molecule has 2 N–H and O–H groups in total. The minimum atomic E-state index is -0.233. The molecule has 0 bridgehead atoms. The van der Waals surface area contributed by atoms with E-state index in [1.807, 2.05) is 55.5 Å². The Morgan fingerprint density at radius 3 is 2.33 bits per heavy atom. The highest BCUT2D eigenvalue weighted by Gasteiger charge is 2.13. The Kier molecular flexibility index (Phi) is 6.00. The van der Waals surface area contributed by atoms with Crippen LogP contribution in [0, 0.1) is 6.92 Å². The van der Waals surface area contributed by atoms with Crippen molar-refractivity contribution in [2.75, 3.05) is 11.9 Å². The van der Waals surface area contributed by atoms with E-state index >= 15 is 0 Å². The van der Waals surface area contributed by atoms with E-state index in [0.717, 1.165) is 12.0 Å². The zero-order valence-corrected chi connectivity index (χ0v) is 15.2. The summed E-state index contributed by atoms with van der Waals surface area (Å²) in [4.78, 5) is 25.1. The third-order valence-electron chi connectivity index (χ3n) is 4.24. The maximum absolute atomic E-state index is 12.6. The van der Waals surface area contributed by atoms with Crippen LogP contribution in [0.5, 0.6) is 0 Å². The molecule has 0 spiro atoms. The van der Waals surface area contributed by atoms with Gasteiger partial charge < -0.3 is 10.6 Å². The number of rotatable bonds is 6. The minimum absolute atomic E-state index is 0.203. The molecule has 27 heavy (non-hydrogen) atoms. The summed E-state index contributed by atoms with van der Waals surface area (Å²) in [7, 11) is 0. The van der Waals surface area contributed by atoms with Crippen LogP contribution >= 0.6 is 0 Å². The van der Waals surface area contributed by atoms with Gasteiger partial charge in [0.1, 0.15) is 0 Å². The van der Waals surface area contributed by atoms with E-state index in [-0.39, 0.29) is 11.8 Å². The fraction of sp³-hybridized carbons (Fsp3) is 0.130. The average molecular weight is 358 g/mol. The van der Waals surface area contributed by atoms with Gasteiger partial charge in [0.2, 0.25) is 0 Å². The second-order valence-corrected chi connectivity index (χ2v) is 6.36. The van der Waals surface area contributed by atoms with Crippen molar-refractivity contribution >= 4 is 17.5 Å². The average Bonchev–Trinajstić information content (AvgIpc) is 2.69. The molecular weight excluding hydrogens is 336 g/mol. The molecule has 3 rings (SSSR count). The van der Waals surface area contributed by atoms with Crippen LogP contribution in [0.25, 0.3) is 0 Å². The molecule has 3 aromatic carbocycles. The number of anilines is 1. The zero-order valence-electron chi connectivity index (χ0n) is 15.2. The molecule has 0 fully saturated rings. The van der Waals surface area contributed by atoms with E-state index in [0.29, 0.717) is 23.4 Å². The monoisotopic (exact) mass is 358 g/mol. The lowest BCUT2D eigenvalue weighted by Gasteiger charge is -2.12. The van der Waals surface area contributed by atoms with Gasteiger partial charge in [-0.05, 0) is 43.2 Å². The first-order valence-electron chi connectivity index (χ1n) is 8.92. The Morgan fingerprint density at radius 2 is 1.56 bits per heavy atom. The Morgan fingerprint density at radius 1 is 0.815 bits per heavy atom. The summed E-state index contributed by atoms with van der Waals surface area (Å²) in [6.45, 7) is 2.47. The third kappa shape index (κ3) is 5.05. The van der Waals surface area contributed by atoms with Crippen LogP contribution in [-0.4, -0.2) is 18.4 Å². The number of carbonyl (C=O) groups is 2. The highest BCUT2D eigenvalue weighted by atomic mass is 16.2. The van der Waals surface area contributed by atoms with Crippen LogP contribution in [0.4, 0.5) is 5.69 Å². The van der Waals surface area contributed by atoms with Crippen molar-refractivity contribution in [1.82, 2.24) is 5.32 Å². The number of aryl methyl sites for hydroxylation is 1. The lowest BCUT2D eigenvalue weighted by Crippen LogP contribution is -2.27. The van der Waals surface area contributed by atoms with Crippen molar-refractivity contribution in [2.24, 2.45) is 0 Å². The van der Waals surface area contributed by atoms with Crippen LogP contribution in [0.3, 0.4) is 0 Å². The SMILES string of the molecule is Cc1cccc(C(=O)Nc2ccccc2C(=O)NCCc2ccccc2)c1. The standard InChI is InChI=1S/C23H22N2O2/c1-17-8-7-11-19(16-17)22(26)25-21-13-6-5-12-20(21)23(27)24-15-14-18-9-3-2-4-10-18/h2-13,16H,14-15H2,1H3,(H,24,27)(H,25,26). The van der Waals surface area contributed by atoms with Gasteiger partial charge in [0, 0.05) is 12.1 Å². The molecule has 0 unspecified atom stereocenters. The molecule has 0 aliphatic carbocycles. The summed E-state index contributed by atoms with van der Waals surface area (Å²) in [5.74, 6) is -0.436. The van der Waals surface area contributed by atoms with Crippen LogP contribution < -0.4 is 10.6 Å². The second-order valence-electron chi connectivity index (χ2n) is 6.36. The summed E-state index contributed by atoms with van der Waals surface area (Å²) in [6, 6.07) is 24.4. The summed E-state index contributed by atoms with van der Waals surface area (Å²) in [5, 5.41) is 5.76. The molecule has 0 aliphatic rings. The van der Waals surface area contributed by atoms with Gasteiger partial charge in [0.25, 0.3) is 11.8 Å². The van der Waals surface area contributed by atoms with E-state index in [4.69, 9.17) is 0 Å². The van der Waals surface area contributed by atoms with Gasteiger partial charge >= 0.3 is 0 Å². The lowest BCUT2D eigenvalue weighted by atomic mass is 10.1. The van der Waals surface area contributed by atoms with Gasteiger partial charge in [0.05, 0.1) is 11.3 Å². The molecular formula is C23H22N2O2. The number of amides is 2. The summed E-state index contributed by atoms with van der Waals surface area (Å²) in [6.07, 6.45) is 0.754. The summed E-state index contributed by atoms with van der Waals surface area (Å²) < 4.78 is 0. The van der Waals surface area contributed by atoms with Crippen LogP contribution in [-0.2, 0) is 6.42 Å². The van der Waals surface area contributed by atoms with Crippen LogP contribution in [0.15, 0.2) is 78.9 Å². The van der Waals surface area contributed by atoms with E-state index in [9.17, 15) is 9.59 Å². The molecule has 136 valence electrons. The Labute approximate surface area is 159 Å². The molecule has 0 heterocycles. The first-order chi connectivity index (χ1) is 13.1. The van der Waals surface area contributed by atoms with Crippen molar-refractivity contribution in [2.45, 2.75) is 13.3 Å². The van der Waals surface area contributed by atoms with Crippen LogP contribution in [0.1, 0.15) is 31.8 Å². The van der Waals surface area contributed by atoms with E-state index in [1.165, 1.54) is 5.56 Å². The Hall–Kier alpha value is -3.40. The van der Waals surface area contributed by atoms with Crippen molar-refractivity contribution in [3.8, 4) is 0 Å². The zero-order chi connectivity index (χ0) is 19.1. The smallest absolute Gasteiger partial charge is 0.255 e. The van der Waals surface area contributed by atoms with Crippen LogP contribution in [0.2, 0.25) is 0 Å². The number of benzene rings is 3. The van der Waals surface area contributed by atoms with Crippen molar-refractivity contribution in [1.29, 1.82) is 0 Å². The molecule has 0 radical (unpaired) electrons. The predicted molar refractivity (Wildman–Crippen MR) is 108 cm³/mol. The Bertz CT molecular complexity index is 936. The molecule has 0 aromatic heterocycles. The highest BCUT2D eigenvalue weighted by molar-refractivity contribution is 6.09. The minimum Gasteiger partial charge on any atom is -0.352 e. The van der Waals surface area contributed by atoms with Crippen molar-refractivity contribution in [3.63, 3.8) is 0 Å². The fourth-order valence-electron chi connectivity index (χ4n) is 2.83. The van der Waals surface area contributed by atoms with Crippen molar-refractivity contribution in [3.05, 3.63) is 101 Å². The third-order valence-corrected chi connectivity index (χ3v) is 4.24. The summed E-state index contributed by atoms with van der Waals surface area (Å²) >= 11 is 0. The normalized spacial score (nSPS) is 10.3. The lowest BCUT2D eigenvalue weighted by molar-refractivity contribution is 0.0955.